The van der Waals surface area contributed by atoms with Gasteiger partial charge in [-0.2, -0.15) is 10.2 Å². The van der Waals surface area contributed by atoms with Crippen LogP contribution in [0.25, 0.3) is 11.1 Å². The van der Waals surface area contributed by atoms with Gasteiger partial charge in [-0.15, -0.1) is 0 Å². The summed E-state index contributed by atoms with van der Waals surface area (Å²) in [6.45, 7) is 6.83. The molecule has 0 spiro atoms. The molecule has 1 aliphatic heterocycles. The number of carbonyl (C=O) groups excluding carboxylic acids is 2. The van der Waals surface area contributed by atoms with Crippen molar-refractivity contribution in [1.82, 2.24) is 10.3 Å². The Hall–Kier alpha value is -4.41. The number of hydrazone groups is 2. The van der Waals surface area contributed by atoms with E-state index in [1.165, 1.54) is 12.1 Å². The third-order valence-electron chi connectivity index (χ3n) is 4.53. The molecule has 0 saturated carbocycles. The number of aromatic hydroxyl groups is 1. The van der Waals surface area contributed by atoms with Gasteiger partial charge in [0.05, 0.1) is 11.4 Å². The van der Waals surface area contributed by atoms with Crippen molar-refractivity contribution in [1.29, 1.82) is 0 Å². The number of ether oxygens (including phenoxy) is 1. The Balaban J connectivity index is 1.78. The van der Waals surface area contributed by atoms with Crippen molar-refractivity contribution >= 4 is 35.1 Å². The molecule has 34 heavy (non-hydrogen) atoms. The molecule has 2 aromatic carbocycles. The normalized spacial score (nSPS) is 14.7. The van der Waals surface area contributed by atoms with Crippen molar-refractivity contribution < 1.29 is 29.3 Å². The number of hydrogen-bond donors (Lipinski definition) is 4. The van der Waals surface area contributed by atoms with Gasteiger partial charge in [0.2, 0.25) is 5.91 Å². The number of para-hydroxylation sites is 1. The van der Waals surface area contributed by atoms with Crippen LogP contribution in [0.1, 0.15) is 27.7 Å². The number of phenolic OH excluding ortho intramolecular Hbond substituents is 1. The minimum Gasteiger partial charge on any atom is -0.505 e. The Morgan fingerprint density at radius 2 is 1.88 bits per heavy atom. The standard InChI is InChI=1S/C23H25N5O6/c1-13-19(21(31)28(27-13)12-18(29)24-23(2,3)4)26-25-17-10-6-9-16(20(17)30)14-7-5-8-15(11-14)34-22(32)33/h5-11,25,30H,12H2,1-4H3,(H,24,29)(H,32,33). The van der Waals surface area contributed by atoms with Gasteiger partial charge in [0, 0.05) is 11.1 Å². The van der Waals surface area contributed by atoms with Crippen molar-refractivity contribution in [2.24, 2.45) is 10.2 Å². The van der Waals surface area contributed by atoms with E-state index in [-0.39, 0.29) is 35.4 Å². The molecule has 2 aromatic rings. The third kappa shape index (κ3) is 5.88. The maximum absolute atomic E-state index is 12.7. The Morgan fingerprint density at radius 3 is 2.56 bits per heavy atom. The summed E-state index contributed by atoms with van der Waals surface area (Å²) in [7, 11) is 0. The van der Waals surface area contributed by atoms with Crippen LogP contribution in [0.5, 0.6) is 11.5 Å². The van der Waals surface area contributed by atoms with E-state index in [0.29, 0.717) is 16.8 Å². The van der Waals surface area contributed by atoms with Crippen LogP contribution in [-0.2, 0) is 9.59 Å². The van der Waals surface area contributed by atoms with Crippen LogP contribution in [-0.4, -0.2) is 56.7 Å². The van der Waals surface area contributed by atoms with E-state index in [0.717, 1.165) is 5.01 Å². The van der Waals surface area contributed by atoms with E-state index < -0.39 is 17.6 Å². The van der Waals surface area contributed by atoms with E-state index in [2.05, 4.69) is 25.7 Å². The zero-order valence-corrected chi connectivity index (χ0v) is 19.1. The fraction of sp³-hybridized carbons (Fsp3) is 0.261. The summed E-state index contributed by atoms with van der Waals surface area (Å²) >= 11 is 0. The first-order chi connectivity index (χ1) is 15.9. The predicted molar refractivity (Wildman–Crippen MR) is 126 cm³/mol. The fourth-order valence-electron chi connectivity index (χ4n) is 3.19. The minimum absolute atomic E-state index is 0.00483. The van der Waals surface area contributed by atoms with Gasteiger partial charge in [0.25, 0.3) is 5.91 Å². The number of hydrogen-bond acceptors (Lipinski definition) is 8. The van der Waals surface area contributed by atoms with Gasteiger partial charge in [0.15, 0.2) is 5.71 Å². The molecule has 0 aliphatic carbocycles. The first kappa shape index (κ1) is 24.2. The lowest BCUT2D eigenvalue weighted by Gasteiger charge is -2.21. The number of rotatable bonds is 6. The second-order valence-corrected chi connectivity index (χ2v) is 8.52. The number of anilines is 1. The first-order valence-electron chi connectivity index (χ1n) is 10.3. The van der Waals surface area contributed by atoms with E-state index in [9.17, 15) is 19.5 Å². The summed E-state index contributed by atoms with van der Waals surface area (Å²) in [5.41, 5.74) is 3.66. The molecule has 0 fully saturated rings. The summed E-state index contributed by atoms with van der Waals surface area (Å²) in [6.07, 6.45) is -1.45. The molecule has 1 aliphatic rings. The van der Waals surface area contributed by atoms with Crippen LogP contribution in [0.2, 0.25) is 0 Å². The number of phenols is 1. The SMILES string of the molecule is CC1=NN(CC(=O)NC(C)(C)C)C(=O)C1=NNc1cccc(-c2cccc(OC(=O)O)c2)c1O. The average molecular weight is 467 g/mol. The maximum Gasteiger partial charge on any atom is 0.511 e. The Bertz CT molecular complexity index is 1200. The largest absolute Gasteiger partial charge is 0.511 e. The predicted octanol–water partition coefficient (Wildman–Crippen LogP) is 3.02. The summed E-state index contributed by atoms with van der Waals surface area (Å²) in [5.74, 6) is -0.975. The third-order valence-corrected chi connectivity index (χ3v) is 4.53. The molecule has 11 heteroatoms. The smallest absolute Gasteiger partial charge is 0.505 e. The molecule has 0 radical (unpaired) electrons. The zero-order chi connectivity index (χ0) is 25.0. The van der Waals surface area contributed by atoms with Crippen LogP contribution < -0.4 is 15.5 Å². The average Bonchev–Trinajstić information content (AvgIpc) is 2.98. The minimum atomic E-state index is -1.45. The highest BCUT2D eigenvalue weighted by molar-refractivity contribution is 6.68. The highest BCUT2D eigenvalue weighted by atomic mass is 16.7. The van der Waals surface area contributed by atoms with E-state index in [1.807, 2.05) is 20.8 Å². The molecule has 2 amide bonds. The maximum atomic E-state index is 12.7. The monoisotopic (exact) mass is 467 g/mol. The molecule has 0 unspecified atom stereocenters. The van der Waals surface area contributed by atoms with Gasteiger partial charge in [0.1, 0.15) is 18.0 Å². The molecule has 0 saturated heterocycles. The van der Waals surface area contributed by atoms with Crippen LogP contribution in [0.15, 0.2) is 52.7 Å². The van der Waals surface area contributed by atoms with Crippen LogP contribution in [0, 0.1) is 0 Å². The van der Waals surface area contributed by atoms with Gasteiger partial charge >= 0.3 is 6.16 Å². The molecule has 4 N–H and O–H groups in total. The van der Waals surface area contributed by atoms with Crippen molar-refractivity contribution in [2.75, 3.05) is 12.0 Å². The fourth-order valence-corrected chi connectivity index (χ4v) is 3.19. The lowest BCUT2D eigenvalue weighted by atomic mass is 10.0. The summed E-state index contributed by atoms with van der Waals surface area (Å²) in [4.78, 5) is 35.6. The van der Waals surface area contributed by atoms with E-state index in [4.69, 9.17) is 5.11 Å². The number of nitrogens with zero attached hydrogens (tertiary/aromatic N) is 3. The van der Waals surface area contributed by atoms with Crippen LogP contribution >= 0.6 is 0 Å². The van der Waals surface area contributed by atoms with Gasteiger partial charge in [-0.3, -0.25) is 15.0 Å². The van der Waals surface area contributed by atoms with Gasteiger partial charge < -0.3 is 20.3 Å². The Morgan fingerprint density at radius 1 is 1.18 bits per heavy atom. The molecule has 11 nitrogen and oxygen atoms in total. The molecule has 0 aromatic heterocycles. The van der Waals surface area contributed by atoms with Crippen molar-refractivity contribution in [3.63, 3.8) is 0 Å². The number of benzene rings is 2. The highest BCUT2D eigenvalue weighted by Gasteiger charge is 2.31. The van der Waals surface area contributed by atoms with Gasteiger partial charge in [-0.05, 0) is 51.5 Å². The van der Waals surface area contributed by atoms with Crippen LogP contribution in [0.4, 0.5) is 10.5 Å². The molecule has 0 atom stereocenters. The number of amides is 2. The van der Waals surface area contributed by atoms with Crippen molar-refractivity contribution in [3.8, 4) is 22.6 Å². The van der Waals surface area contributed by atoms with E-state index in [1.54, 1.807) is 37.3 Å². The summed E-state index contributed by atoms with van der Waals surface area (Å²) in [6, 6.07) is 11.1. The second-order valence-electron chi connectivity index (χ2n) is 8.52. The Kier molecular flexibility index (Phi) is 6.85. The van der Waals surface area contributed by atoms with Crippen molar-refractivity contribution in [3.05, 3.63) is 42.5 Å². The zero-order valence-electron chi connectivity index (χ0n) is 19.1. The van der Waals surface area contributed by atoms with Crippen LogP contribution in [0.3, 0.4) is 0 Å². The molecule has 1 heterocycles. The first-order valence-corrected chi connectivity index (χ1v) is 10.3. The highest BCUT2D eigenvalue weighted by Crippen LogP contribution is 2.36. The summed E-state index contributed by atoms with van der Waals surface area (Å²) < 4.78 is 4.66. The lowest BCUT2D eigenvalue weighted by Crippen LogP contribution is -2.46. The van der Waals surface area contributed by atoms with Gasteiger partial charge in [-0.25, -0.2) is 9.80 Å². The molecule has 178 valence electrons. The molecular formula is C23H25N5O6. The quantitative estimate of drug-likeness (QED) is 0.220. The second kappa shape index (κ2) is 9.61. The summed E-state index contributed by atoms with van der Waals surface area (Å²) in [5, 5.41) is 31.5. The molecule has 0 bridgehead atoms. The Labute approximate surface area is 195 Å². The van der Waals surface area contributed by atoms with E-state index >= 15 is 0 Å². The molecular weight excluding hydrogens is 442 g/mol. The van der Waals surface area contributed by atoms with Gasteiger partial charge in [-0.1, -0.05) is 24.3 Å². The number of carboxylic acid groups (broad SMARTS) is 1. The topological polar surface area (TPSA) is 153 Å². The lowest BCUT2D eigenvalue weighted by molar-refractivity contribution is -0.131. The molecule has 3 rings (SSSR count). The van der Waals surface area contributed by atoms with Crippen molar-refractivity contribution in [2.45, 2.75) is 33.2 Å². The number of carbonyl (C=O) groups is 3. The number of nitrogens with one attached hydrogen (secondary N) is 2.